The van der Waals surface area contributed by atoms with Gasteiger partial charge in [-0.15, -0.1) is 0 Å². The SMILES string of the molecule is CCC(CNC1CC1)N(C)CC(C)C. The molecule has 1 atom stereocenters. The Hall–Kier alpha value is -0.0800. The number of nitrogens with zero attached hydrogens (tertiary/aromatic N) is 1. The Labute approximate surface area is 89.1 Å². The summed E-state index contributed by atoms with van der Waals surface area (Å²) in [5.41, 5.74) is 0. The molecule has 1 unspecified atom stereocenters. The highest BCUT2D eigenvalue weighted by atomic mass is 15.2. The zero-order valence-electron chi connectivity index (χ0n) is 10.2. The Kier molecular flexibility index (Phi) is 4.90. The number of rotatable bonds is 7. The fraction of sp³-hybridized carbons (Fsp3) is 1.00. The van der Waals surface area contributed by atoms with Crippen molar-refractivity contribution in [2.75, 3.05) is 20.1 Å². The van der Waals surface area contributed by atoms with Crippen molar-refractivity contribution >= 4 is 0 Å². The van der Waals surface area contributed by atoms with Gasteiger partial charge in [-0.2, -0.15) is 0 Å². The number of likely N-dealkylation sites (N-methyl/N-ethyl adjacent to an activating group) is 1. The van der Waals surface area contributed by atoms with Crippen molar-refractivity contribution in [3.8, 4) is 0 Å². The van der Waals surface area contributed by atoms with Crippen LogP contribution in [0.25, 0.3) is 0 Å². The van der Waals surface area contributed by atoms with Crippen molar-refractivity contribution in [2.24, 2.45) is 5.92 Å². The molecule has 1 rings (SSSR count). The van der Waals surface area contributed by atoms with Crippen molar-refractivity contribution < 1.29 is 0 Å². The Bertz CT molecular complexity index is 152. The van der Waals surface area contributed by atoms with Crippen LogP contribution in [0.2, 0.25) is 0 Å². The molecule has 84 valence electrons. The summed E-state index contributed by atoms with van der Waals surface area (Å²) >= 11 is 0. The molecule has 0 aromatic carbocycles. The minimum atomic E-state index is 0.720. The first-order valence-corrected chi connectivity index (χ1v) is 6.07. The third-order valence-corrected chi connectivity index (χ3v) is 2.97. The highest BCUT2D eigenvalue weighted by molar-refractivity contribution is 4.83. The van der Waals surface area contributed by atoms with Crippen LogP contribution in [0.5, 0.6) is 0 Å². The van der Waals surface area contributed by atoms with Gasteiger partial charge in [-0.1, -0.05) is 20.8 Å². The lowest BCUT2D eigenvalue weighted by atomic mass is 10.1. The van der Waals surface area contributed by atoms with Crippen LogP contribution < -0.4 is 5.32 Å². The van der Waals surface area contributed by atoms with Crippen molar-refractivity contribution in [1.82, 2.24) is 10.2 Å². The molecule has 1 aliphatic carbocycles. The molecule has 1 saturated carbocycles. The largest absolute Gasteiger partial charge is 0.312 e. The Balaban J connectivity index is 2.19. The first-order valence-electron chi connectivity index (χ1n) is 6.07. The van der Waals surface area contributed by atoms with Gasteiger partial charge in [-0.3, -0.25) is 0 Å². The predicted molar refractivity (Wildman–Crippen MR) is 62.6 cm³/mol. The van der Waals surface area contributed by atoms with Gasteiger partial charge in [0.2, 0.25) is 0 Å². The second-order valence-electron chi connectivity index (χ2n) is 5.08. The Morgan fingerprint density at radius 3 is 2.43 bits per heavy atom. The van der Waals surface area contributed by atoms with Gasteiger partial charge >= 0.3 is 0 Å². The van der Waals surface area contributed by atoms with E-state index in [1.54, 1.807) is 0 Å². The molecule has 0 heterocycles. The first-order chi connectivity index (χ1) is 6.63. The van der Waals surface area contributed by atoms with Crippen LogP contribution in [0, 0.1) is 5.92 Å². The molecule has 0 aromatic heterocycles. The maximum atomic E-state index is 3.62. The standard InChI is InChI=1S/C12H26N2/c1-5-12(8-13-11-6-7-11)14(4)9-10(2)3/h10-13H,5-9H2,1-4H3. The molecule has 0 radical (unpaired) electrons. The minimum Gasteiger partial charge on any atom is -0.312 e. The zero-order valence-corrected chi connectivity index (χ0v) is 10.2. The molecule has 2 heteroatoms. The summed E-state index contributed by atoms with van der Waals surface area (Å²) in [6, 6.07) is 1.56. The van der Waals surface area contributed by atoms with Crippen molar-refractivity contribution in [3.63, 3.8) is 0 Å². The third kappa shape index (κ3) is 4.43. The van der Waals surface area contributed by atoms with Crippen molar-refractivity contribution in [2.45, 2.75) is 52.1 Å². The lowest BCUT2D eigenvalue weighted by Crippen LogP contribution is -2.41. The molecular formula is C12H26N2. The first kappa shape index (κ1) is 12.0. The smallest absolute Gasteiger partial charge is 0.0215 e. The van der Waals surface area contributed by atoms with Crippen LogP contribution in [0.4, 0.5) is 0 Å². The monoisotopic (exact) mass is 198 g/mol. The molecular weight excluding hydrogens is 172 g/mol. The number of nitrogens with one attached hydrogen (secondary N) is 1. The van der Waals surface area contributed by atoms with Crippen LogP contribution in [0.3, 0.4) is 0 Å². The van der Waals surface area contributed by atoms with E-state index < -0.39 is 0 Å². The van der Waals surface area contributed by atoms with E-state index in [1.807, 2.05) is 0 Å². The van der Waals surface area contributed by atoms with Gasteiger partial charge in [0.05, 0.1) is 0 Å². The summed E-state index contributed by atoms with van der Waals surface area (Å²) in [5.74, 6) is 0.773. The van der Waals surface area contributed by atoms with E-state index in [1.165, 1.54) is 32.4 Å². The van der Waals surface area contributed by atoms with Gasteiger partial charge in [-0.25, -0.2) is 0 Å². The summed E-state index contributed by atoms with van der Waals surface area (Å²) in [5, 5.41) is 3.62. The molecule has 0 aliphatic heterocycles. The summed E-state index contributed by atoms with van der Waals surface area (Å²) in [6.45, 7) is 9.25. The lowest BCUT2D eigenvalue weighted by molar-refractivity contribution is 0.206. The predicted octanol–water partition coefficient (Wildman–Crippen LogP) is 2.10. The quantitative estimate of drug-likeness (QED) is 0.674. The van der Waals surface area contributed by atoms with Crippen LogP contribution in [0.15, 0.2) is 0 Å². The van der Waals surface area contributed by atoms with Gasteiger partial charge < -0.3 is 10.2 Å². The van der Waals surface area contributed by atoms with Crippen LogP contribution in [-0.4, -0.2) is 37.1 Å². The van der Waals surface area contributed by atoms with Crippen molar-refractivity contribution in [3.05, 3.63) is 0 Å². The molecule has 1 N–H and O–H groups in total. The molecule has 2 nitrogen and oxygen atoms in total. The van der Waals surface area contributed by atoms with E-state index in [2.05, 4.69) is 38.0 Å². The van der Waals surface area contributed by atoms with Gasteiger partial charge in [-0.05, 0) is 32.2 Å². The Morgan fingerprint density at radius 1 is 1.36 bits per heavy atom. The molecule has 0 amide bonds. The summed E-state index contributed by atoms with van der Waals surface area (Å²) in [6.07, 6.45) is 4.04. The average Bonchev–Trinajstić information content (AvgIpc) is 2.87. The number of hydrogen-bond acceptors (Lipinski definition) is 2. The zero-order chi connectivity index (χ0) is 10.6. The van der Waals surface area contributed by atoms with Crippen LogP contribution in [0.1, 0.15) is 40.0 Å². The average molecular weight is 198 g/mol. The Morgan fingerprint density at radius 2 is 2.00 bits per heavy atom. The van der Waals surface area contributed by atoms with Crippen LogP contribution in [-0.2, 0) is 0 Å². The molecule has 1 aliphatic rings. The van der Waals surface area contributed by atoms with E-state index >= 15 is 0 Å². The van der Waals surface area contributed by atoms with Gasteiger partial charge in [0.15, 0.2) is 0 Å². The fourth-order valence-corrected chi connectivity index (χ4v) is 1.93. The van der Waals surface area contributed by atoms with E-state index in [-0.39, 0.29) is 0 Å². The molecule has 0 aromatic rings. The maximum absolute atomic E-state index is 3.62. The second-order valence-corrected chi connectivity index (χ2v) is 5.08. The highest BCUT2D eigenvalue weighted by Gasteiger charge is 2.22. The van der Waals surface area contributed by atoms with E-state index in [0.29, 0.717) is 0 Å². The van der Waals surface area contributed by atoms with E-state index in [9.17, 15) is 0 Å². The maximum Gasteiger partial charge on any atom is 0.0215 e. The summed E-state index contributed by atoms with van der Waals surface area (Å²) in [7, 11) is 2.25. The molecule has 1 fully saturated rings. The second kappa shape index (κ2) is 5.72. The topological polar surface area (TPSA) is 15.3 Å². The van der Waals surface area contributed by atoms with Gasteiger partial charge in [0.1, 0.15) is 0 Å². The normalized spacial score (nSPS) is 19.3. The van der Waals surface area contributed by atoms with Crippen LogP contribution >= 0.6 is 0 Å². The summed E-state index contributed by atoms with van der Waals surface area (Å²) < 4.78 is 0. The van der Waals surface area contributed by atoms with Gasteiger partial charge in [0, 0.05) is 25.2 Å². The molecule has 14 heavy (non-hydrogen) atoms. The lowest BCUT2D eigenvalue weighted by Gasteiger charge is -2.28. The van der Waals surface area contributed by atoms with E-state index in [4.69, 9.17) is 0 Å². The molecule has 0 spiro atoms. The van der Waals surface area contributed by atoms with Crippen molar-refractivity contribution in [1.29, 1.82) is 0 Å². The molecule has 0 saturated heterocycles. The fourth-order valence-electron chi connectivity index (χ4n) is 1.93. The van der Waals surface area contributed by atoms with E-state index in [0.717, 1.165) is 18.0 Å². The van der Waals surface area contributed by atoms with Gasteiger partial charge in [0.25, 0.3) is 0 Å². The molecule has 0 bridgehead atoms. The third-order valence-electron chi connectivity index (χ3n) is 2.97. The number of hydrogen-bond donors (Lipinski definition) is 1. The highest BCUT2D eigenvalue weighted by Crippen LogP contribution is 2.19. The minimum absolute atomic E-state index is 0.720. The summed E-state index contributed by atoms with van der Waals surface area (Å²) in [4.78, 5) is 2.50.